The minimum Gasteiger partial charge on any atom is -0.437 e. The minimum absolute atomic E-state index is 0.571. The monoisotopic (exact) mass is 172 g/mol. The SMILES string of the molecule is COC(=O)Oc1ccsc1C. The fourth-order valence-corrected chi connectivity index (χ4v) is 1.23. The molecule has 60 valence electrons. The number of hydrogen-bond donors (Lipinski definition) is 0. The highest BCUT2D eigenvalue weighted by molar-refractivity contribution is 7.10. The average Bonchev–Trinajstić information content (AvgIpc) is 2.37. The molecule has 1 heterocycles. The number of aryl methyl sites for hydroxylation is 1. The summed E-state index contributed by atoms with van der Waals surface area (Å²) >= 11 is 1.52. The normalized spacial score (nSPS) is 9.27. The Morgan fingerprint density at radius 3 is 2.82 bits per heavy atom. The summed E-state index contributed by atoms with van der Waals surface area (Å²) in [7, 11) is 1.28. The molecule has 0 aliphatic carbocycles. The Hall–Kier alpha value is -1.03. The molecule has 0 aromatic carbocycles. The van der Waals surface area contributed by atoms with E-state index in [0.717, 1.165) is 4.88 Å². The summed E-state index contributed by atoms with van der Waals surface area (Å²) in [6, 6.07) is 1.73. The third kappa shape index (κ3) is 1.94. The molecule has 11 heavy (non-hydrogen) atoms. The van der Waals surface area contributed by atoms with Crippen molar-refractivity contribution in [1.29, 1.82) is 0 Å². The third-order valence-corrected chi connectivity index (χ3v) is 2.00. The number of carbonyl (C=O) groups excluding carboxylic acids is 1. The van der Waals surface area contributed by atoms with Crippen LogP contribution in [0.1, 0.15) is 4.88 Å². The number of methoxy groups -OCH3 is 1. The first-order valence-corrected chi connectivity index (χ1v) is 3.92. The van der Waals surface area contributed by atoms with E-state index in [-0.39, 0.29) is 0 Å². The first-order valence-electron chi connectivity index (χ1n) is 3.04. The van der Waals surface area contributed by atoms with Crippen LogP contribution in [-0.4, -0.2) is 13.3 Å². The van der Waals surface area contributed by atoms with Gasteiger partial charge in [0.25, 0.3) is 0 Å². The summed E-state index contributed by atoms with van der Waals surface area (Å²) < 4.78 is 9.11. The summed E-state index contributed by atoms with van der Waals surface area (Å²) in [4.78, 5) is 11.6. The van der Waals surface area contributed by atoms with Crippen LogP contribution < -0.4 is 4.74 Å². The van der Waals surface area contributed by atoms with E-state index in [1.807, 2.05) is 12.3 Å². The Kier molecular flexibility index (Phi) is 2.48. The van der Waals surface area contributed by atoms with Gasteiger partial charge >= 0.3 is 6.16 Å². The van der Waals surface area contributed by atoms with Crippen molar-refractivity contribution in [3.8, 4) is 5.75 Å². The van der Waals surface area contributed by atoms with E-state index in [1.165, 1.54) is 18.4 Å². The molecule has 1 aromatic heterocycles. The van der Waals surface area contributed by atoms with E-state index in [1.54, 1.807) is 6.07 Å². The molecular weight excluding hydrogens is 164 g/mol. The lowest BCUT2D eigenvalue weighted by atomic mass is 10.5. The maximum atomic E-state index is 10.6. The fraction of sp³-hybridized carbons (Fsp3) is 0.286. The van der Waals surface area contributed by atoms with Gasteiger partial charge in [0.05, 0.1) is 7.11 Å². The minimum atomic E-state index is -0.675. The van der Waals surface area contributed by atoms with Crippen LogP contribution in [0, 0.1) is 6.92 Å². The zero-order valence-corrected chi connectivity index (χ0v) is 7.10. The second-order valence-corrected chi connectivity index (χ2v) is 3.02. The molecule has 0 aliphatic rings. The van der Waals surface area contributed by atoms with Gasteiger partial charge in [-0.2, -0.15) is 0 Å². The van der Waals surface area contributed by atoms with Gasteiger partial charge in [-0.05, 0) is 18.4 Å². The highest BCUT2D eigenvalue weighted by atomic mass is 32.1. The van der Waals surface area contributed by atoms with Gasteiger partial charge in [-0.3, -0.25) is 0 Å². The number of thiophene rings is 1. The van der Waals surface area contributed by atoms with Crippen molar-refractivity contribution in [2.24, 2.45) is 0 Å². The molecule has 1 aromatic rings. The fourth-order valence-electron chi connectivity index (χ4n) is 0.611. The van der Waals surface area contributed by atoms with E-state index in [4.69, 9.17) is 4.74 Å². The summed E-state index contributed by atoms with van der Waals surface area (Å²) in [6.07, 6.45) is -0.675. The molecule has 0 bridgehead atoms. The lowest BCUT2D eigenvalue weighted by Crippen LogP contribution is -2.06. The van der Waals surface area contributed by atoms with Crippen molar-refractivity contribution >= 4 is 17.5 Å². The molecule has 0 radical (unpaired) electrons. The Balaban J connectivity index is 2.64. The molecule has 0 amide bonds. The third-order valence-electron chi connectivity index (χ3n) is 1.17. The molecule has 4 heteroatoms. The van der Waals surface area contributed by atoms with Gasteiger partial charge in [-0.15, -0.1) is 11.3 Å². The Bertz CT molecular complexity index is 254. The van der Waals surface area contributed by atoms with Gasteiger partial charge in [-0.1, -0.05) is 0 Å². The highest BCUT2D eigenvalue weighted by Gasteiger charge is 2.06. The van der Waals surface area contributed by atoms with Gasteiger partial charge in [0.1, 0.15) is 5.75 Å². The maximum absolute atomic E-state index is 10.6. The van der Waals surface area contributed by atoms with Crippen LogP contribution in [-0.2, 0) is 4.74 Å². The van der Waals surface area contributed by atoms with Gasteiger partial charge in [0, 0.05) is 4.88 Å². The smallest absolute Gasteiger partial charge is 0.437 e. The second-order valence-electron chi connectivity index (χ2n) is 1.90. The molecule has 0 saturated carbocycles. The topological polar surface area (TPSA) is 35.5 Å². The second kappa shape index (κ2) is 3.39. The van der Waals surface area contributed by atoms with Crippen molar-refractivity contribution in [2.45, 2.75) is 6.92 Å². The Labute approximate surface area is 68.6 Å². The predicted molar refractivity (Wildman–Crippen MR) is 42.1 cm³/mol. The molecule has 0 aliphatic heterocycles. The standard InChI is InChI=1S/C7H8O3S/c1-5-6(3-4-11-5)10-7(8)9-2/h3-4H,1-2H3. The van der Waals surface area contributed by atoms with Crippen LogP contribution in [0.2, 0.25) is 0 Å². The lowest BCUT2D eigenvalue weighted by Gasteiger charge is -1.99. The zero-order chi connectivity index (χ0) is 8.27. The number of hydrogen-bond acceptors (Lipinski definition) is 4. The van der Waals surface area contributed by atoms with E-state index < -0.39 is 6.16 Å². The van der Waals surface area contributed by atoms with Crippen LogP contribution in [0.4, 0.5) is 4.79 Å². The first-order chi connectivity index (χ1) is 5.24. The number of rotatable bonds is 1. The van der Waals surface area contributed by atoms with Gasteiger partial charge in [0.15, 0.2) is 0 Å². The molecule has 0 N–H and O–H groups in total. The van der Waals surface area contributed by atoms with Gasteiger partial charge in [-0.25, -0.2) is 4.79 Å². The largest absolute Gasteiger partial charge is 0.513 e. The number of ether oxygens (including phenoxy) is 2. The molecule has 3 nitrogen and oxygen atoms in total. The molecule has 0 saturated heterocycles. The Morgan fingerprint density at radius 1 is 1.64 bits per heavy atom. The predicted octanol–water partition coefficient (Wildman–Crippen LogP) is 2.20. The quantitative estimate of drug-likeness (QED) is 0.609. The molecule has 1 rings (SSSR count). The van der Waals surface area contributed by atoms with Crippen molar-refractivity contribution in [3.05, 3.63) is 16.3 Å². The molecular formula is C7H8O3S. The van der Waals surface area contributed by atoms with E-state index in [0.29, 0.717) is 5.75 Å². The van der Waals surface area contributed by atoms with Gasteiger partial charge < -0.3 is 9.47 Å². The van der Waals surface area contributed by atoms with Gasteiger partial charge in [0.2, 0.25) is 0 Å². The van der Waals surface area contributed by atoms with Crippen molar-refractivity contribution in [2.75, 3.05) is 7.11 Å². The van der Waals surface area contributed by atoms with Crippen LogP contribution in [0.3, 0.4) is 0 Å². The molecule has 0 fully saturated rings. The zero-order valence-electron chi connectivity index (χ0n) is 6.29. The lowest BCUT2D eigenvalue weighted by molar-refractivity contribution is 0.121. The summed E-state index contributed by atoms with van der Waals surface area (Å²) in [6.45, 7) is 1.88. The summed E-state index contributed by atoms with van der Waals surface area (Å²) in [5, 5.41) is 1.85. The average molecular weight is 172 g/mol. The van der Waals surface area contributed by atoms with E-state index >= 15 is 0 Å². The van der Waals surface area contributed by atoms with Crippen molar-refractivity contribution < 1.29 is 14.3 Å². The number of carbonyl (C=O) groups is 1. The van der Waals surface area contributed by atoms with Crippen molar-refractivity contribution in [3.63, 3.8) is 0 Å². The molecule has 0 unspecified atom stereocenters. The maximum Gasteiger partial charge on any atom is 0.513 e. The Morgan fingerprint density at radius 2 is 2.36 bits per heavy atom. The van der Waals surface area contributed by atoms with Crippen LogP contribution in [0.5, 0.6) is 5.75 Å². The van der Waals surface area contributed by atoms with E-state index in [2.05, 4.69) is 4.74 Å². The highest BCUT2D eigenvalue weighted by Crippen LogP contribution is 2.23. The first kappa shape index (κ1) is 8.07. The van der Waals surface area contributed by atoms with Crippen molar-refractivity contribution in [1.82, 2.24) is 0 Å². The summed E-state index contributed by atoms with van der Waals surface area (Å²) in [5.41, 5.74) is 0. The molecule has 0 atom stereocenters. The van der Waals surface area contributed by atoms with Crippen LogP contribution in [0.15, 0.2) is 11.4 Å². The van der Waals surface area contributed by atoms with E-state index in [9.17, 15) is 4.79 Å². The summed E-state index contributed by atoms with van der Waals surface area (Å²) in [5.74, 6) is 0.571. The molecule has 0 spiro atoms. The van der Waals surface area contributed by atoms with Crippen LogP contribution in [0.25, 0.3) is 0 Å². The van der Waals surface area contributed by atoms with Crippen LogP contribution >= 0.6 is 11.3 Å².